The summed E-state index contributed by atoms with van der Waals surface area (Å²) in [6.45, 7) is 0.604. The van der Waals surface area contributed by atoms with Crippen LogP contribution in [0.3, 0.4) is 0 Å². The Balaban J connectivity index is 0. The molecule has 0 saturated heterocycles. The second kappa shape index (κ2) is 10.6. The molecule has 86 valence electrons. The van der Waals surface area contributed by atoms with E-state index in [4.69, 9.17) is 31.0 Å². The second-order valence-corrected chi connectivity index (χ2v) is 3.27. The summed E-state index contributed by atoms with van der Waals surface area (Å²) in [7, 11) is -3.14. The molecule has 0 radical (unpaired) electrons. The number of hydrogen-bond acceptors (Lipinski definition) is 6. The molecule has 8 heteroatoms. The number of aliphatic carboxylic acids is 1. The predicted octanol–water partition coefficient (Wildman–Crippen LogP) is -2.79. The molecule has 0 saturated carbocycles. The Morgan fingerprint density at radius 3 is 2.00 bits per heavy atom. The van der Waals surface area contributed by atoms with Crippen LogP contribution in [0.5, 0.6) is 0 Å². The minimum Gasteiger partial charge on any atom is -0.480 e. The third-order valence-corrected chi connectivity index (χ3v) is 1.29. The van der Waals surface area contributed by atoms with E-state index in [0.29, 0.717) is 13.0 Å². The van der Waals surface area contributed by atoms with E-state index in [9.17, 15) is 4.79 Å². The van der Waals surface area contributed by atoms with Gasteiger partial charge in [-0.3, -0.25) is 4.79 Å². The Labute approximate surface area is 83.9 Å². The maximum Gasteiger partial charge on any atom is 0.475 e. The summed E-state index contributed by atoms with van der Waals surface area (Å²) in [5.41, 5.74) is 10.4. The van der Waals surface area contributed by atoms with Gasteiger partial charge in [-0.2, -0.15) is 0 Å². The average molecular weight is 226 g/mol. The summed E-state index contributed by atoms with van der Waals surface area (Å²) in [6.07, 6.45) is 2.16. The van der Waals surface area contributed by atoms with Crippen molar-refractivity contribution in [2.45, 2.75) is 25.3 Å². The molecule has 0 spiro atoms. The van der Waals surface area contributed by atoms with Crippen molar-refractivity contribution in [2.24, 2.45) is 11.5 Å². The number of carboxylic acids is 1. The molecule has 8 N–H and O–H groups in total. The van der Waals surface area contributed by atoms with Crippen LogP contribution in [0.2, 0.25) is 0 Å². The van der Waals surface area contributed by atoms with Crippen molar-refractivity contribution in [2.75, 3.05) is 6.54 Å². The van der Waals surface area contributed by atoms with E-state index in [2.05, 4.69) is 0 Å². The molecule has 0 heterocycles. The summed E-state index contributed by atoms with van der Waals surface area (Å²) < 4.78 is 0. The molecule has 0 aliphatic carbocycles. The van der Waals surface area contributed by atoms with Crippen LogP contribution in [-0.4, -0.2) is 47.6 Å². The van der Waals surface area contributed by atoms with Gasteiger partial charge in [0.1, 0.15) is 6.04 Å². The Morgan fingerprint density at radius 2 is 1.71 bits per heavy atom. The summed E-state index contributed by atoms with van der Waals surface area (Å²) in [6, 6.07) is -0.716. The number of nitrogens with two attached hydrogens (primary N) is 2. The lowest BCUT2D eigenvalue weighted by molar-refractivity contribution is -0.138. The molecular formula is C6H18N2O5Si. The summed E-state index contributed by atoms with van der Waals surface area (Å²) in [5.74, 6) is -0.933. The first-order valence-corrected chi connectivity index (χ1v) is 5.69. The fourth-order valence-electron chi connectivity index (χ4n) is 0.632. The second-order valence-electron chi connectivity index (χ2n) is 2.58. The zero-order valence-corrected chi connectivity index (χ0v) is 8.99. The first-order chi connectivity index (χ1) is 6.41. The molecule has 0 fully saturated rings. The van der Waals surface area contributed by atoms with Gasteiger partial charge in [-0.25, -0.2) is 0 Å². The van der Waals surface area contributed by atoms with Gasteiger partial charge in [-0.1, -0.05) is 6.42 Å². The van der Waals surface area contributed by atoms with E-state index in [0.717, 1.165) is 12.8 Å². The highest BCUT2D eigenvalue weighted by Gasteiger charge is 2.09. The number of carboxylic acid groups (broad SMARTS) is 1. The van der Waals surface area contributed by atoms with Crippen LogP contribution in [-0.2, 0) is 4.79 Å². The zero-order valence-electron chi connectivity index (χ0n) is 7.83. The van der Waals surface area contributed by atoms with Crippen LogP contribution in [0.4, 0.5) is 0 Å². The number of rotatable bonds is 5. The first kappa shape index (κ1) is 15.9. The van der Waals surface area contributed by atoms with Gasteiger partial charge < -0.3 is 31.0 Å². The maximum atomic E-state index is 10.1. The van der Waals surface area contributed by atoms with Crippen molar-refractivity contribution in [3.8, 4) is 0 Å². The average Bonchev–Trinajstić information content (AvgIpc) is 2.03. The van der Waals surface area contributed by atoms with Crippen LogP contribution in [0, 0.1) is 0 Å². The van der Waals surface area contributed by atoms with Gasteiger partial charge in [0.2, 0.25) is 0 Å². The summed E-state index contributed by atoms with van der Waals surface area (Å²) >= 11 is 0. The fourth-order valence-corrected chi connectivity index (χ4v) is 0.632. The third kappa shape index (κ3) is 17.5. The number of hydrogen-bond donors (Lipinski definition) is 6. The largest absolute Gasteiger partial charge is 0.480 e. The third-order valence-electron chi connectivity index (χ3n) is 1.29. The SMILES string of the molecule is NCCCCC(N)C(=O)O.O[SiH](O)O. The molecule has 1 unspecified atom stereocenters. The lowest BCUT2D eigenvalue weighted by Gasteiger charge is -2.03. The summed E-state index contributed by atoms with van der Waals surface area (Å²) in [5, 5.41) is 8.33. The Hall–Kier alpha value is -0.513. The lowest BCUT2D eigenvalue weighted by Crippen LogP contribution is -2.29. The molecule has 1 atom stereocenters. The highest BCUT2D eigenvalue weighted by molar-refractivity contribution is 6.30. The van der Waals surface area contributed by atoms with E-state index < -0.39 is 21.5 Å². The molecule has 0 bridgehead atoms. The van der Waals surface area contributed by atoms with Crippen molar-refractivity contribution in [1.82, 2.24) is 0 Å². The predicted molar refractivity (Wildman–Crippen MR) is 52.3 cm³/mol. The van der Waals surface area contributed by atoms with Gasteiger partial charge in [-0.05, 0) is 19.4 Å². The lowest BCUT2D eigenvalue weighted by atomic mass is 10.1. The Bertz CT molecular complexity index is 143. The minimum absolute atomic E-state index is 0.520. The fraction of sp³-hybridized carbons (Fsp3) is 0.833. The van der Waals surface area contributed by atoms with Crippen molar-refractivity contribution in [3.05, 3.63) is 0 Å². The molecule has 0 aromatic carbocycles. The van der Waals surface area contributed by atoms with Crippen molar-refractivity contribution in [3.63, 3.8) is 0 Å². The molecule has 0 aliphatic rings. The van der Waals surface area contributed by atoms with E-state index >= 15 is 0 Å². The molecule has 0 aromatic rings. The van der Waals surface area contributed by atoms with Gasteiger partial charge >= 0.3 is 15.5 Å². The van der Waals surface area contributed by atoms with Crippen LogP contribution < -0.4 is 11.5 Å². The number of carbonyl (C=O) groups is 1. The minimum atomic E-state index is -3.14. The van der Waals surface area contributed by atoms with Gasteiger partial charge in [0.05, 0.1) is 0 Å². The monoisotopic (exact) mass is 226 g/mol. The quantitative estimate of drug-likeness (QED) is 0.219. The number of unbranched alkanes of at least 4 members (excludes halogenated alkanes) is 1. The van der Waals surface area contributed by atoms with E-state index in [1.54, 1.807) is 0 Å². The van der Waals surface area contributed by atoms with E-state index in [1.165, 1.54) is 0 Å². The van der Waals surface area contributed by atoms with E-state index in [1.807, 2.05) is 0 Å². The molecule has 0 amide bonds. The zero-order chi connectivity index (χ0) is 11.6. The molecular weight excluding hydrogens is 208 g/mol. The van der Waals surface area contributed by atoms with Gasteiger partial charge in [-0.15, -0.1) is 0 Å². The highest BCUT2D eigenvalue weighted by atomic mass is 28.3. The Kier molecular flexibility index (Phi) is 12.0. The normalized spacial score (nSPS) is 11.9. The van der Waals surface area contributed by atoms with Gasteiger partial charge in [0.25, 0.3) is 0 Å². The van der Waals surface area contributed by atoms with Gasteiger partial charge in [0.15, 0.2) is 0 Å². The molecule has 0 aromatic heterocycles. The van der Waals surface area contributed by atoms with Crippen molar-refractivity contribution in [1.29, 1.82) is 0 Å². The summed E-state index contributed by atoms with van der Waals surface area (Å²) in [4.78, 5) is 32.1. The molecule has 0 rings (SSSR count). The first-order valence-electron chi connectivity index (χ1n) is 4.14. The van der Waals surface area contributed by atoms with Crippen molar-refractivity contribution < 1.29 is 24.3 Å². The van der Waals surface area contributed by atoms with E-state index in [-0.39, 0.29) is 0 Å². The Morgan fingerprint density at radius 1 is 1.29 bits per heavy atom. The van der Waals surface area contributed by atoms with Crippen LogP contribution >= 0.6 is 0 Å². The molecule has 0 aliphatic heterocycles. The molecule has 7 nitrogen and oxygen atoms in total. The topological polar surface area (TPSA) is 150 Å². The van der Waals surface area contributed by atoms with Crippen LogP contribution in [0.15, 0.2) is 0 Å². The smallest absolute Gasteiger partial charge is 0.475 e. The standard InChI is InChI=1S/C6H14N2O2.H4O3Si/c7-4-2-1-3-5(8)6(9)10;1-4(2)3/h5H,1-4,7-8H2,(H,9,10);1-4H. The van der Waals surface area contributed by atoms with Crippen LogP contribution in [0.25, 0.3) is 0 Å². The molecule has 14 heavy (non-hydrogen) atoms. The van der Waals surface area contributed by atoms with Crippen LogP contribution in [0.1, 0.15) is 19.3 Å². The van der Waals surface area contributed by atoms with Crippen molar-refractivity contribution >= 4 is 15.5 Å². The van der Waals surface area contributed by atoms with Gasteiger partial charge in [0, 0.05) is 0 Å². The maximum absolute atomic E-state index is 10.1. The highest BCUT2D eigenvalue weighted by Crippen LogP contribution is 1.96.